The SMILES string of the molecule is CONC1=CN(C(=O)c2ccc(-c3ccccc3)cc2)C(c2nc(CS(C)(=O)=O)no2)C1. The average Bonchev–Trinajstić information content (AvgIpc) is 3.40. The Morgan fingerprint density at radius 3 is 2.50 bits per heavy atom. The van der Waals surface area contributed by atoms with Crippen molar-refractivity contribution in [1.82, 2.24) is 20.5 Å². The highest BCUT2D eigenvalue weighted by atomic mass is 32.2. The first-order chi connectivity index (χ1) is 15.3. The number of carbonyl (C=O) groups excluding carboxylic acids is 1. The predicted octanol–water partition coefficient (Wildman–Crippen LogP) is 2.86. The van der Waals surface area contributed by atoms with E-state index >= 15 is 0 Å². The Morgan fingerprint density at radius 2 is 1.84 bits per heavy atom. The highest BCUT2D eigenvalue weighted by Crippen LogP contribution is 2.34. The first-order valence-corrected chi connectivity index (χ1v) is 11.9. The number of hydrogen-bond acceptors (Lipinski definition) is 8. The molecule has 1 aliphatic heterocycles. The minimum Gasteiger partial charge on any atom is -0.337 e. The van der Waals surface area contributed by atoms with Gasteiger partial charge in [-0.3, -0.25) is 15.1 Å². The summed E-state index contributed by atoms with van der Waals surface area (Å²) in [6, 6.07) is 16.6. The Morgan fingerprint density at radius 1 is 1.16 bits per heavy atom. The molecular weight excluding hydrogens is 432 g/mol. The summed E-state index contributed by atoms with van der Waals surface area (Å²) in [6.45, 7) is 0. The van der Waals surface area contributed by atoms with Crippen molar-refractivity contribution in [3.05, 3.63) is 83.8 Å². The summed E-state index contributed by atoms with van der Waals surface area (Å²) in [5.41, 5.74) is 5.93. The number of rotatable bonds is 7. The molecule has 1 N–H and O–H groups in total. The topological polar surface area (TPSA) is 115 Å². The van der Waals surface area contributed by atoms with Crippen molar-refractivity contribution >= 4 is 15.7 Å². The van der Waals surface area contributed by atoms with Crippen molar-refractivity contribution in [2.24, 2.45) is 0 Å². The van der Waals surface area contributed by atoms with Gasteiger partial charge in [-0.15, -0.1) is 0 Å². The second-order valence-electron chi connectivity index (χ2n) is 7.46. The monoisotopic (exact) mass is 454 g/mol. The molecule has 0 bridgehead atoms. The van der Waals surface area contributed by atoms with Crippen LogP contribution >= 0.6 is 0 Å². The lowest BCUT2D eigenvalue weighted by atomic mass is 10.0. The maximum absolute atomic E-state index is 13.3. The minimum atomic E-state index is -3.32. The number of hydroxylamine groups is 1. The molecule has 4 rings (SSSR count). The predicted molar refractivity (Wildman–Crippen MR) is 116 cm³/mol. The molecule has 0 saturated carbocycles. The van der Waals surface area contributed by atoms with E-state index in [0.29, 0.717) is 17.7 Å². The molecule has 2 heterocycles. The second-order valence-corrected chi connectivity index (χ2v) is 9.60. The van der Waals surface area contributed by atoms with Crippen LogP contribution in [-0.2, 0) is 20.4 Å². The zero-order valence-electron chi connectivity index (χ0n) is 17.6. The quantitative estimate of drug-likeness (QED) is 0.542. The maximum atomic E-state index is 13.3. The molecule has 0 spiro atoms. The summed E-state index contributed by atoms with van der Waals surface area (Å²) in [6.07, 6.45) is 3.07. The Bertz CT molecular complexity index is 1240. The molecule has 2 aromatic carbocycles. The van der Waals surface area contributed by atoms with E-state index < -0.39 is 15.9 Å². The van der Waals surface area contributed by atoms with Crippen LogP contribution in [0.5, 0.6) is 0 Å². The fourth-order valence-electron chi connectivity index (χ4n) is 3.50. The van der Waals surface area contributed by atoms with Crippen LogP contribution < -0.4 is 5.48 Å². The lowest BCUT2D eigenvalue weighted by molar-refractivity contribution is 0.0760. The van der Waals surface area contributed by atoms with Crippen molar-refractivity contribution < 1.29 is 22.6 Å². The molecule has 1 aromatic heterocycles. The molecule has 0 saturated heterocycles. The van der Waals surface area contributed by atoms with Gasteiger partial charge in [0.25, 0.3) is 5.91 Å². The van der Waals surface area contributed by atoms with E-state index in [1.807, 2.05) is 42.5 Å². The summed E-state index contributed by atoms with van der Waals surface area (Å²) in [4.78, 5) is 24.0. The van der Waals surface area contributed by atoms with Crippen LogP contribution in [0, 0.1) is 0 Å². The van der Waals surface area contributed by atoms with Crippen LogP contribution in [0.25, 0.3) is 11.1 Å². The van der Waals surface area contributed by atoms with E-state index in [-0.39, 0.29) is 23.4 Å². The van der Waals surface area contributed by atoms with Gasteiger partial charge in [0.05, 0.1) is 12.8 Å². The molecule has 0 fully saturated rings. The molecule has 3 aromatic rings. The number of benzene rings is 2. The van der Waals surface area contributed by atoms with Crippen LogP contribution in [0.3, 0.4) is 0 Å². The Hall–Kier alpha value is -3.50. The van der Waals surface area contributed by atoms with Gasteiger partial charge >= 0.3 is 0 Å². The van der Waals surface area contributed by atoms with Crippen molar-refractivity contribution in [3.8, 4) is 11.1 Å². The Kier molecular flexibility index (Phi) is 6.06. The largest absolute Gasteiger partial charge is 0.337 e. The normalized spacial score (nSPS) is 16.1. The van der Waals surface area contributed by atoms with E-state index in [0.717, 1.165) is 17.4 Å². The molecule has 32 heavy (non-hydrogen) atoms. The van der Waals surface area contributed by atoms with Crippen LogP contribution in [0.2, 0.25) is 0 Å². The van der Waals surface area contributed by atoms with E-state index in [9.17, 15) is 13.2 Å². The van der Waals surface area contributed by atoms with Gasteiger partial charge in [-0.25, -0.2) is 8.42 Å². The number of amides is 1. The first-order valence-electron chi connectivity index (χ1n) is 9.82. The van der Waals surface area contributed by atoms with Gasteiger partial charge in [-0.1, -0.05) is 47.6 Å². The van der Waals surface area contributed by atoms with Crippen LogP contribution in [-0.4, -0.2) is 42.7 Å². The molecule has 0 aliphatic carbocycles. The van der Waals surface area contributed by atoms with Crippen LogP contribution in [0.15, 0.2) is 71.0 Å². The number of sulfone groups is 1. The van der Waals surface area contributed by atoms with Crippen LogP contribution in [0.4, 0.5) is 0 Å². The van der Waals surface area contributed by atoms with E-state index in [4.69, 9.17) is 9.36 Å². The molecule has 1 aliphatic rings. The Balaban J connectivity index is 1.59. The third-order valence-electron chi connectivity index (χ3n) is 4.91. The fraction of sp³-hybridized carbons (Fsp3) is 0.227. The lowest BCUT2D eigenvalue weighted by Crippen LogP contribution is -2.27. The van der Waals surface area contributed by atoms with Crippen LogP contribution in [0.1, 0.15) is 34.5 Å². The summed E-state index contributed by atoms with van der Waals surface area (Å²) in [5.74, 6) is -0.392. The third-order valence-corrected chi connectivity index (χ3v) is 5.69. The molecule has 1 amide bonds. The van der Waals surface area contributed by atoms with E-state index in [1.165, 1.54) is 12.0 Å². The third kappa shape index (κ3) is 4.87. The van der Waals surface area contributed by atoms with Gasteiger partial charge in [0.1, 0.15) is 11.8 Å². The zero-order chi connectivity index (χ0) is 22.7. The molecule has 9 nitrogen and oxygen atoms in total. The van der Waals surface area contributed by atoms with E-state index in [2.05, 4.69) is 15.6 Å². The second kappa shape index (κ2) is 8.93. The van der Waals surface area contributed by atoms with Gasteiger partial charge < -0.3 is 9.42 Å². The number of aromatic nitrogens is 2. The molecular formula is C22H22N4O5S. The van der Waals surface area contributed by atoms with Gasteiger partial charge in [-0.2, -0.15) is 4.98 Å². The molecule has 1 atom stereocenters. The number of hydrogen-bond donors (Lipinski definition) is 1. The summed E-state index contributed by atoms with van der Waals surface area (Å²) >= 11 is 0. The zero-order valence-corrected chi connectivity index (χ0v) is 18.4. The highest BCUT2D eigenvalue weighted by Gasteiger charge is 2.35. The highest BCUT2D eigenvalue weighted by molar-refractivity contribution is 7.89. The maximum Gasteiger partial charge on any atom is 0.258 e. The minimum absolute atomic E-state index is 0.0512. The smallest absolute Gasteiger partial charge is 0.258 e. The molecule has 166 valence electrons. The number of carbonyl (C=O) groups is 1. The van der Waals surface area contributed by atoms with Gasteiger partial charge in [0.15, 0.2) is 15.7 Å². The summed E-state index contributed by atoms with van der Waals surface area (Å²) < 4.78 is 28.4. The molecule has 1 unspecified atom stereocenters. The number of nitrogens with zero attached hydrogens (tertiary/aromatic N) is 3. The standard InChI is InChI=1S/C22H22N4O5S/c1-30-24-18-12-19(21-23-20(25-31-21)14-32(2,28)29)26(13-18)22(27)17-10-8-16(9-11-17)15-6-4-3-5-7-15/h3-11,13,19,24H,12,14H2,1-2H3. The lowest BCUT2D eigenvalue weighted by Gasteiger charge is -2.20. The van der Waals surface area contributed by atoms with Crippen molar-refractivity contribution in [2.45, 2.75) is 18.2 Å². The summed E-state index contributed by atoms with van der Waals surface area (Å²) in [5, 5.41) is 3.75. The van der Waals surface area contributed by atoms with Gasteiger partial charge in [0, 0.05) is 24.4 Å². The van der Waals surface area contributed by atoms with Gasteiger partial charge in [-0.05, 0) is 23.3 Å². The Labute approximate surface area is 185 Å². The number of nitrogens with one attached hydrogen (secondary N) is 1. The van der Waals surface area contributed by atoms with Gasteiger partial charge in [0.2, 0.25) is 5.89 Å². The molecule has 10 heteroatoms. The fourth-order valence-corrected chi connectivity index (χ4v) is 4.09. The van der Waals surface area contributed by atoms with Crippen molar-refractivity contribution in [2.75, 3.05) is 13.4 Å². The van der Waals surface area contributed by atoms with Crippen molar-refractivity contribution in [3.63, 3.8) is 0 Å². The molecule has 0 radical (unpaired) electrons. The first kappa shape index (κ1) is 21.7. The summed E-state index contributed by atoms with van der Waals surface area (Å²) in [7, 11) is -1.85. The van der Waals surface area contributed by atoms with Crippen molar-refractivity contribution in [1.29, 1.82) is 0 Å². The van der Waals surface area contributed by atoms with E-state index in [1.54, 1.807) is 18.3 Å². The average molecular weight is 455 g/mol.